The maximum Gasteiger partial charge on any atom is 0.325 e. The van der Waals surface area contributed by atoms with Gasteiger partial charge >= 0.3 is 5.97 Å². The summed E-state index contributed by atoms with van der Waals surface area (Å²) in [4.78, 5) is 24.6. The molecule has 0 aromatic heterocycles. The van der Waals surface area contributed by atoms with Crippen LogP contribution < -0.4 is 0 Å². The Kier molecular flexibility index (Phi) is 4.94. The lowest BCUT2D eigenvalue weighted by molar-refractivity contribution is -0.148. The van der Waals surface area contributed by atoms with E-state index in [0.29, 0.717) is 12.4 Å². The second kappa shape index (κ2) is 6.00. The highest BCUT2D eigenvalue weighted by atomic mass is 32.2. The van der Waals surface area contributed by atoms with Crippen molar-refractivity contribution in [3.05, 3.63) is 0 Å². The first-order chi connectivity index (χ1) is 7.19. The van der Waals surface area contributed by atoms with Crippen molar-refractivity contribution in [3.63, 3.8) is 0 Å². The molecule has 0 bridgehead atoms. The van der Waals surface area contributed by atoms with E-state index in [1.165, 1.54) is 11.8 Å². The van der Waals surface area contributed by atoms with Gasteiger partial charge in [-0.3, -0.25) is 9.59 Å². The zero-order valence-corrected chi connectivity index (χ0v) is 10.0. The highest BCUT2D eigenvalue weighted by Gasteiger charge is 2.33. The summed E-state index contributed by atoms with van der Waals surface area (Å²) in [7, 11) is 0. The molecule has 1 fully saturated rings. The molecular weight excluding hydrogens is 214 g/mol. The average molecular weight is 231 g/mol. The van der Waals surface area contributed by atoms with E-state index in [-0.39, 0.29) is 24.5 Å². The van der Waals surface area contributed by atoms with Gasteiger partial charge in [-0.2, -0.15) is 11.8 Å². The Hall–Kier alpha value is -0.710. The van der Waals surface area contributed by atoms with Crippen LogP contribution in [0.25, 0.3) is 0 Å². The van der Waals surface area contributed by atoms with E-state index in [1.54, 1.807) is 11.8 Å². The quantitative estimate of drug-likeness (QED) is 0.637. The van der Waals surface area contributed by atoms with Crippen molar-refractivity contribution in [1.29, 1.82) is 0 Å². The van der Waals surface area contributed by atoms with Crippen molar-refractivity contribution in [3.8, 4) is 0 Å². The van der Waals surface area contributed by atoms with E-state index >= 15 is 0 Å². The normalized spacial score (nSPS) is 14.8. The van der Waals surface area contributed by atoms with Crippen LogP contribution >= 0.6 is 11.8 Å². The Bertz CT molecular complexity index is 241. The summed E-state index contributed by atoms with van der Waals surface area (Å²) in [5, 5.41) is 0. The minimum absolute atomic E-state index is 0.0399. The molecule has 0 unspecified atom stereocenters. The number of carbonyl (C=O) groups excluding carboxylic acids is 2. The number of nitrogens with zero attached hydrogens (tertiary/aromatic N) is 1. The van der Waals surface area contributed by atoms with E-state index < -0.39 is 0 Å². The van der Waals surface area contributed by atoms with E-state index in [2.05, 4.69) is 0 Å². The van der Waals surface area contributed by atoms with Crippen LogP contribution in [-0.2, 0) is 14.3 Å². The lowest BCUT2D eigenvalue weighted by Crippen LogP contribution is -2.39. The van der Waals surface area contributed by atoms with Crippen LogP contribution in [-0.4, -0.2) is 48.0 Å². The van der Waals surface area contributed by atoms with Crippen molar-refractivity contribution in [2.24, 2.45) is 0 Å². The standard InChI is InChI=1S/C10H17NO3S/c1-3-14-10(13)6-11(8-4-5-8)9(12)7-15-2/h8H,3-7H2,1-2H3. The SMILES string of the molecule is CCOC(=O)CN(C(=O)CSC)C1CC1. The molecule has 86 valence electrons. The highest BCUT2D eigenvalue weighted by molar-refractivity contribution is 7.99. The predicted octanol–water partition coefficient (Wildman–Crippen LogP) is 0.903. The lowest BCUT2D eigenvalue weighted by Gasteiger charge is -2.20. The van der Waals surface area contributed by atoms with Crippen molar-refractivity contribution >= 4 is 23.6 Å². The fourth-order valence-corrected chi connectivity index (χ4v) is 1.77. The smallest absolute Gasteiger partial charge is 0.325 e. The highest BCUT2D eigenvalue weighted by Crippen LogP contribution is 2.27. The number of rotatable bonds is 6. The first-order valence-corrected chi connectivity index (χ1v) is 6.52. The van der Waals surface area contributed by atoms with Gasteiger partial charge in [0.2, 0.25) is 5.91 Å². The zero-order chi connectivity index (χ0) is 11.3. The summed E-state index contributed by atoms with van der Waals surface area (Å²) >= 11 is 1.48. The number of thioether (sulfide) groups is 1. The summed E-state index contributed by atoms with van der Waals surface area (Å²) in [6, 6.07) is 0.272. The maximum absolute atomic E-state index is 11.7. The van der Waals surface area contributed by atoms with Crippen LogP contribution in [0.15, 0.2) is 0 Å². The molecule has 1 aliphatic carbocycles. The zero-order valence-electron chi connectivity index (χ0n) is 9.19. The number of esters is 1. The largest absolute Gasteiger partial charge is 0.465 e. The minimum atomic E-state index is -0.307. The van der Waals surface area contributed by atoms with Gasteiger partial charge in [0.15, 0.2) is 0 Å². The molecule has 1 amide bonds. The predicted molar refractivity (Wildman–Crippen MR) is 59.8 cm³/mol. The Labute approximate surface area is 94.3 Å². The number of carbonyl (C=O) groups is 2. The van der Waals surface area contributed by atoms with E-state index in [4.69, 9.17) is 4.74 Å². The number of hydrogen-bond acceptors (Lipinski definition) is 4. The van der Waals surface area contributed by atoms with Gasteiger partial charge in [0, 0.05) is 6.04 Å². The molecule has 0 spiro atoms. The van der Waals surface area contributed by atoms with Crippen LogP contribution in [0.1, 0.15) is 19.8 Å². The van der Waals surface area contributed by atoms with Gasteiger partial charge in [-0.05, 0) is 26.0 Å². The third-order valence-corrected chi connectivity index (χ3v) is 2.72. The molecule has 1 saturated carbocycles. The van der Waals surface area contributed by atoms with Crippen LogP contribution in [0.2, 0.25) is 0 Å². The molecule has 0 N–H and O–H groups in total. The molecule has 0 atom stereocenters. The molecule has 0 heterocycles. The van der Waals surface area contributed by atoms with Crippen molar-refractivity contribution in [2.45, 2.75) is 25.8 Å². The van der Waals surface area contributed by atoms with Crippen LogP contribution in [0.4, 0.5) is 0 Å². The van der Waals surface area contributed by atoms with Gasteiger partial charge < -0.3 is 9.64 Å². The van der Waals surface area contributed by atoms with E-state index in [9.17, 15) is 9.59 Å². The fourth-order valence-electron chi connectivity index (χ4n) is 1.36. The summed E-state index contributed by atoms with van der Waals surface area (Å²) in [5.41, 5.74) is 0. The summed E-state index contributed by atoms with van der Waals surface area (Å²) < 4.78 is 4.84. The molecule has 0 radical (unpaired) electrons. The number of amides is 1. The molecular formula is C10H17NO3S. The monoisotopic (exact) mass is 231 g/mol. The molecule has 1 aliphatic rings. The number of hydrogen-bond donors (Lipinski definition) is 0. The van der Waals surface area contributed by atoms with E-state index in [0.717, 1.165) is 12.8 Å². The van der Waals surface area contributed by atoms with Gasteiger partial charge in [0.1, 0.15) is 6.54 Å². The molecule has 0 saturated heterocycles. The molecule has 15 heavy (non-hydrogen) atoms. The Balaban J connectivity index is 2.43. The van der Waals surface area contributed by atoms with Crippen molar-refractivity contribution < 1.29 is 14.3 Å². The van der Waals surface area contributed by atoms with Gasteiger partial charge in [-0.1, -0.05) is 0 Å². The van der Waals surface area contributed by atoms with Crippen LogP contribution in [0.5, 0.6) is 0 Å². The molecule has 0 aromatic rings. The second-order valence-corrected chi connectivity index (χ2v) is 4.36. The summed E-state index contributed by atoms with van der Waals surface area (Å²) in [6.45, 7) is 2.25. The molecule has 4 nitrogen and oxygen atoms in total. The Morgan fingerprint density at radius 2 is 2.13 bits per heavy atom. The lowest BCUT2D eigenvalue weighted by atomic mass is 10.4. The molecule has 5 heteroatoms. The summed E-state index contributed by atoms with van der Waals surface area (Å²) in [5.74, 6) is 0.174. The van der Waals surface area contributed by atoms with Gasteiger partial charge in [-0.15, -0.1) is 0 Å². The number of ether oxygens (including phenoxy) is 1. The van der Waals surface area contributed by atoms with Crippen LogP contribution in [0, 0.1) is 0 Å². The Morgan fingerprint density at radius 1 is 1.47 bits per heavy atom. The molecule has 1 rings (SSSR count). The molecule has 0 aliphatic heterocycles. The minimum Gasteiger partial charge on any atom is -0.465 e. The first kappa shape index (κ1) is 12.4. The van der Waals surface area contributed by atoms with Crippen molar-refractivity contribution in [2.75, 3.05) is 25.2 Å². The van der Waals surface area contributed by atoms with Crippen LogP contribution in [0.3, 0.4) is 0 Å². The second-order valence-electron chi connectivity index (χ2n) is 3.49. The third-order valence-electron chi connectivity index (χ3n) is 2.18. The molecule has 0 aromatic carbocycles. The first-order valence-electron chi connectivity index (χ1n) is 5.13. The third kappa shape index (κ3) is 4.11. The van der Waals surface area contributed by atoms with Gasteiger partial charge in [0.05, 0.1) is 12.4 Å². The summed E-state index contributed by atoms with van der Waals surface area (Å²) in [6.07, 6.45) is 3.91. The fraction of sp³-hybridized carbons (Fsp3) is 0.800. The topological polar surface area (TPSA) is 46.6 Å². The van der Waals surface area contributed by atoms with Gasteiger partial charge in [-0.25, -0.2) is 0 Å². The van der Waals surface area contributed by atoms with Gasteiger partial charge in [0.25, 0.3) is 0 Å². The average Bonchev–Trinajstić information content (AvgIpc) is 2.98. The van der Waals surface area contributed by atoms with E-state index in [1.807, 2.05) is 6.26 Å². The maximum atomic E-state index is 11.7. The van der Waals surface area contributed by atoms with Crippen molar-refractivity contribution in [1.82, 2.24) is 4.90 Å². The Morgan fingerprint density at radius 3 is 2.60 bits per heavy atom.